The topological polar surface area (TPSA) is 51.2 Å². The highest BCUT2D eigenvalue weighted by molar-refractivity contribution is 7.21. The third kappa shape index (κ3) is 4.64. The Morgan fingerprint density at radius 2 is 1.87 bits per heavy atom. The van der Waals surface area contributed by atoms with E-state index in [0.717, 1.165) is 26.5 Å². The fourth-order valence-electron chi connectivity index (χ4n) is 2.92. The van der Waals surface area contributed by atoms with Crippen LogP contribution in [0.25, 0.3) is 20.8 Å². The highest BCUT2D eigenvalue weighted by atomic mass is 35.5. The molecule has 0 aliphatic heterocycles. The van der Waals surface area contributed by atoms with Crippen LogP contribution in [0.3, 0.4) is 0 Å². The Kier molecular flexibility index (Phi) is 6.02. The zero-order valence-electron chi connectivity index (χ0n) is 16.7. The summed E-state index contributed by atoms with van der Waals surface area (Å²) >= 11 is 8.09. The molecule has 0 atom stereocenters. The number of halogens is 1. The lowest BCUT2D eigenvalue weighted by molar-refractivity contribution is 0.102. The van der Waals surface area contributed by atoms with E-state index in [1.54, 1.807) is 41.7 Å². The van der Waals surface area contributed by atoms with E-state index in [0.29, 0.717) is 28.8 Å². The molecule has 0 aliphatic carbocycles. The predicted octanol–water partition coefficient (Wildman–Crippen LogP) is 6.90. The van der Waals surface area contributed by atoms with Crippen LogP contribution in [0.5, 0.6) is 5.75 Å². The number of rotatable bonds is 6. The average molecular weight is 437 g/mol. The summed E-state index contributed by atoms with van der Waals surface area (Å²) in [6.07, 6.45) is 0. The number of nitrogens with one attached hydrogen (secondary N) is 1. The van der Waals surface area contributed by atoms with Gasteiger partial charge in [-0.15, -0.1) is 11.3 Å². The van der Waals surface area contributed by atoms with Gasteiger partial charge in [-0.2, -0.15) is 0 Å². The molecule has 4 aromatic rings. The maximum absolute atomic E-state index is 12.6. The van der Waals surface area contributed by atoms with E-state index >= 15 is 0 Å². The second kappa shape index (κ2) is 8.86. The van der Waals surface area contributed by atoms with Crippen molar-refractivity contribution in [3.8, 4) is 16.3 Å². The molecule has 4 rings (SSSR count). The monoisotopic (exact) mass is 436 g/mol. The highest BCUT2D eigenvalue weighted by Crippen LogP contribution is 2.35. The molecule has 1 heterocycles. The van der Waals surface area contributed by atoms with Crippen molar-refractivity contribution in [3.63, 3.8) is 0 Å². The van der Waals surface area contributed by atoms with Crippen LogP contribution in [-0.2, 0) is 0 Å². The summed E-state index contributed by atoms with van der Waals surface area (Å²) in [4.78, 5) is 17.2. The lowest BCUT2D eigenvalue weighted by Gasteiger charge is -2.10. The van der Waals surface area contributed by atoms with E-state index < -0.39 is 0 Å². The molecule has 0 unspecified atom stereocenters. The summed E-state index contributed by atoms with van der Waals surface area (Å²) in [7, 11) is 0. The first-order valence-corrected chi connectivity index (χ1v) is 10.9. The molecule has 0 saturated heterocycles. The number of para-hydroxylation sites is 1. The number of thiazole rings is 1. The standard InChI is InChI=1S/C24H21ClN2O2S/c1-15(2)14-29-18-10-7-16(8-11-18)23(28)26-17-9-12-19(20(25)13-17)24-27-21-5-3-4-6-22(21)30-24/h3-13,15H,14H2,1-2H3,(H,26,28). The van der Waals surface area contributed by atoms with Crippen LogP contribution in [0.15, 0.2) is 66.7 Å². The molecular weight excluding hydrogens is 416 g/mol. The number of hydrogen-bond acceptors (Lipinski definition) is 4. The zero-order valence-corrected chi connectivity index (χ0v) is 18.3. The molecule has 4 nitrogen and oxygen atoms in total. The number of carbonyl (C=O) groups is 1. The number of carbonyl (C=O) groups excluding carboxylic acids is 1. The summed E-state index contributed by atoms with van der Waals surface area (Å²) in [5.41, 5.74) is 2.99. The van der Waals surface area contributed by atoms with Crippen LogP contribution in [0, 0.1) is 5.92 Å². The summed E-state index contributed by atoms with van der Waals surface area (Å²) in [6.45, 7) is 4.83. The Bertz CT molecular complexity index is 1150. The molecular formula is C24H21ClN2O2S. The second-order valence-electron chi connectivity index (χ2n) is 7.36. The largest absolute Gasteiger partial charge is 0.493 e. The molecule has 1 N–H and O–H groups in total. The molecule has 0 bridgehead atoms. The first-order chi connectivity index (χ1) is 14.5. The Hall–Kier alpha value is -2.89. The van der Waals surface area contributed by atoms with Gasteiger partial charge in [-0.3, -0.25) is 4.79 Å². The van der Waals surface area contributed by atoms with Gasteiger partial charge >= 0.3 is 0 Å². The SMILES string of the molecule is CC(C)COc1ccc(C(=O)Nc2ccc(-c3nc4ccccc4s3)c(Cl)c2)cc1. The number of nitrogens with zero attached hydrogens (tertiary/aromatic N) is 1. The first-order valence-electron chi connectivity index (χ1n) is 9.69. The number of amides is 1. The fraction of sp³-hybridized carbons (Fsp3) is 0.167. The van der Waals surface area contributed by atoms with Crippen molar-refractivity contribution in [1.29, 1.82) is 0 Å². The van der Waals surface area contributed by atoms with Gasteiger partial charge in [-0.05, 0) is 60.5 Å². The quantitative estimate of drug-likeness (QED) is 0.357. The molecule has 6 heteroatoms. The fourth-order valence-corrected chi connectivity index (χ4v) is 4.25. The minimum absolute atomic E-state index is 0.200. The number of ether oxygens (including phenoxy) is 1. The van der Waals surface area contributed by atoms with Crippen LogP contribution in [-0.4, -0.2) is 17.5 Å². The first kappa shape index (κ1) is 20.4. The van der Waals surface area contributed by atoms with Gasteiger partial charge in [-0.25, -0.2) is 4.98 Å². The van der Waals surface area contributed by atoms with Crippen LogP contribution in [0.4, 0.5) is 5.69 Å². The molecule has 152 valence electrons. The van der Waals surface area contributed by atoms with Crippen molar-refractivity contribution in [2.45, 2.75) is 13.8 Å². The van der Waals surface area contributed by atoms with E-state index in [4.69, 9.17) is 16.3 Å². The minimum Gasteiger partial charge on any atom is -0.493 e. The Morgan fingerprint density at radius 1 is 1.10 bits per heavy atom. The van der Waals surface area contributed by atoms with Gasteiger partial charge in [0.25, 0.3) is 5.91 Å². The molecule has 0 saturated carbocycles. The third-order valence-electron chi connectivity index (χ3n) is 4.45. The van der Waals surface area contributed by atoms with Crippen molar-refractivity contribution >= 4 is 44.7 Å². The molecule has 30 heavy (non-hydrogen) atoms. The normalized spacial score (nSPS) is 11.1. The third-order valence-corrected chi connectivity index (χ3v) is 5.83. The van der Waals surface area contributed by atoms with Gasteiger partial charge in [0.2, 0.25) is 0 Å². The predicted molar refractivity (Wildman–Crippen MR) is 125 cm³/mol. The van der Waals surface area contributed by atoms with Crippen molar-refractivity contribution < 1.29 is 9.53 Å². The van der Waals surface area contributed by atoms with Crippen molar-refractivity contribution in [2.75, 3.05) is 11.9 Å². The van der Waals surface area contributed by atoms with Crippen LogP contribution < -0.4 is 10.1 Å². The molecule has 1 aromatic heterocycles. The minimum atomic E-state index is -0.200. The lowest BCUT2D eigenvalue weighted by Crippen LogP contribution is -2.12. The van der Waals surface area contributed by atoms with Crippen molar-refractivity contribution in [2.24, 2.45) is 5.92 Å². The van der Waals surface area contributed by atoms with E-state index in [9.17, 15) is 4.79 Å². The van der Waals surface area contributed by atoms with Gasteiger partial charge < -0.3 is 10.1 Å². The Labute approximate surface area is 184 Å². The molecule has 0 spiro atoms. The Balaban J connectivity index is 1.47. The lowest BCUT2D eigenvalue weighted by atomic mass is 10.1. The number of hydrogen-bond donors (Lipinski definition) is 1. The summed E-state index contributed by atoms with van der Waals surface area (Å²) < 4.78 is 6.77. The van der Waals surface area contributed by atoms with Crippen LogP contribution in [0.2, 0.25) is 5.02 Å². The van der Waals surface area contributed by atoms with Gasteiger partial charge in [0.15, 0.2) is 0 Å². The molecule has 1 amide bonds. The average Bonchev–Trinajstić information content (AvgIpc) is 3.16. The van der Waals surface area contributed by atoms with Crippen molar-refractivity contribution in [3.05, 3.63) is 77.3 Å². The second-order valence-corrected chi connectivity index (χ2v) is 8.80. The zero-order chi connectivity index (χ0) is 21.1. The van der Waals surface area contributed by atoms with Crippen LogP contribution in [0.1, 0.15) is 24.2 Å². The molecule has 0 aliphatic rings. The smallest absolute Gasteiger partial charge is 0.255 e. The van der Waals surface area contributed by atoms with Gasteiger partial charge in [0.1, 0.15) is 10.8 Å². The number of aromatic nitrogens is 1. The van der Waals surface area contributed by atoms with Crippen LogP contribution >= 0.6 is 22.9 Å². The van der Waals surface area contributed by atoms with E-state index in [-0.39, 0.29) is 5.91 Å². The van der Waals surface area contributed by atoms with E-state index in [2.05, 4.69) is 24.1 Å². The highest BCUT2D eigenvalue weighted by Gasteiger charge is 2.12. The van der Waals surface area contributed by atoms with Gasteiger partial charge in [-0.1, -0.05) is 37.6 Å². The molecule has 3 aromatic carbocycles. The maximum atomic E-state index is 12.6. The van der Waals surface area contributed by atoms with Gasteiger partial charge in [0.05, 0.1) is 21.8 Å². The van der Waals surface area contributed by atoms with E-state index in [1.165, 1.54) is 0 Å². The Morgan fingerprint density at radius 3 is 2.57 bits per heavy atom. The number of benzene rings is 3. The number of fused-ring (bicyclic) bond motifs is 1. The summed E-state index contributed by atoms with van der Waals surface area (Å²) in [6, 6.07) is 20.6. The molecule has 0 radical (unpaired) electrons. The molecule has 0 fully saturated rings. The van der Waals surface area contributed by atoms with E-state index in [1.807, 2.05) is 36.4 Å². The number of anilines is 1. The maximum Gasteiger partial charge on any atom is 0.255 e. The summed E-state index contributed by atoms with van der Waals surface area (Å²) in [5, 5.41) is 4.30. The van der Waals surface area contributed by atoms with Crippen molar-refractivity contribution in [1.82, 2.24) is 4.98 Å². The van der Waals surface area contributed by atoms with Gasteiger partial charge in [0, 0.05) is 16.8 Å². The summed E-state index contributed by atoms with van der Waals surface area (Å²) in [5.74, 6) is 1.00.